The average Bonchev–Trinajstić information content (AvgIpc) is 2.78. The van der Waals surface area contributed by atoms with E-state index in [9.17, 15) is 29.3 Å². The topological polar surface area (TPSA) is 144 Å². The quantitative estimate of drug-likeness (QED) is 0.481. The van der Waals surface area contributed by atoms with Crippen LogP contribution in [0.15, 0.2) is 18.2 Å². The van der Waals surface area contributed by atoms with Gasteiger partial charge in [0.2, 0.25) is 0 Å². The molecule has 1 heterocycles. The number of hydroxylamine groups is 2. The number of carbonyl (C=O) groups excluding carboxylic acids is 3. The van der Waals surface area contributed by atoms with Crippen LogP contribution < -0.4 is 0 Å². The molecule has 0 spiro atoms. The van der Waals surface area contributed by atoms with E-state index in [1.54, 1.807) is 0 Å². The average molecular weight is 308 g/mol. The Kier molecular flexibility index (Phi) is 3.84. The number of nitrogens with zero attached hydrogens (tertiary/aromatic N) is 2. The molecule has 22 heavy (non-hydrogen) atoms. The second-order valence-corrected chi connectivity index (χ2v) is 4.29. The molecule has 1 saturated heterocycles. The van der Waals surface area contributed by atoms with Crippen molar-refractivity contribution in [1.82, 2.24) is 5.06 Å². The first-order valence-electron chi connectivity index (χ1n) is 5.90. The summed E-state index contributed by atoms with van der Waals surface area (Å²) in [4.78, 5) is 59.9. The zero-order valence-corrected chi connectivity index (χ0v) is 10.8. The Hall–Kier alpha value is -3.30. The van der Waals surface area contributed by atoms with Crippen LogP contribution in [0, 0.1) is 10.1 Å². The Balaban J connectivity index is 2.32. The third-order valence-corrected chi connectivity index (χ3v) is 2.79. The summed E-state index contributed by atoms with van der Waals surface area (Å²) >= 11 is 0. The van der Waals surface area contributed by atoms with Crippen molar-refractivity contribution >= 4 is 29.4 Å². The first-order valence-corrected chi connectivity index (χ1v) is 5.90. The molecular weight excluding hydrogens is 300 g/mol. The molecule has 10 heteroatoms. The molecule has 0 aliphatic carbocycles. The lowest BCUT2D eigenvalue weighted by atomic mass is 10.1. The van der Waals surface area contributed by atoms with Gasteiger partial charge in [0.1, 0.15) is 0 Å². The number of carboxylic acids is 1. The van der Waals surface area contributed by atoms with Crippen LogP contribution in [0.1, 0.15) is 33.6 Å². The fraction of sp³-hybridized carbons (Fsp3) is 0.167. The van der Waals surface area contributed by atoms with Crippen LogP contribution >= 0.6 is 0 Å². The highest BCUT2D eigenvalue weighted by Crippen LogP contribution is 2.20. The molecule has 10 nitrogen and oxygen atoms in total. The Morgan fingerprint density at radius 2 is 1.68 bits per heavy atom. The summed E-state index contributed by atoms with van der Waals surface area (Å²) in [5.74, 6) is -4.16. The number of benzene rings is 1. The maximum Gasteiger partial charge on any atom is 0.364 e. The van der Waals surface area contributed by atoms with E-state index in [2.05, 4.69) is 4.84 Å². The fourth-order valence-corrected chi connectivity index (χ4v) is 1.75. The number of rotatable bonds is 4. The van der Waals surface area contributed by atoms with Crippen molar-refractivity contribution in [3.8, 4) is 0 Å². The molecule has 0 bridgehead atoms. The van der Waals surface area contributed by atoms with Gasteiger partial charge in [-0.2, -0.15) is 0 Å². The normalized spacial score (nSPS) is 14.1. The van der Waals surface area contributed by atoms with E-state index >= 15 is 0 Å². The minimum Gasteiger partial charge on any atom is -0.478 e. The Labute approximate surface area is 122 Å². The van der Waals surface area contributed by atoms with Crippen molar-refractivity contribution in [2.24, 2.45) is 0 Å². The zero-order valence-electron chi connectivity index (χ0n) is 10.8. The molecule has 0 atom stereocenters. The summed E-state index contributed by atoms with van der Waals surface area (Å²) in [6.45, 7) is 0. The van der Waals surface area contributed by atoms with Crippen molar-refractivity contribution in [3.05, 3.63) is 39.4 Å². The Morgan fingerprint density at radius 3 is 2.18 bits per heavy atom. The monoisotopic (exact) mass is 308 g/mol. The summed E-state index contributed by atoms with van der Waals surface area (Å²) in [6.07, 6.45) is -0.219. The number of amides is 2. The third-order valence-electron chi connectivity index (χ3n) is 2.79. The molecule has 0 saturated carbocycles. The molecule has 2 amide bonds. The number of carboxylic acid groups (broad SMARTS) is 1. The van der Waals surface area contributed by atoms with Gasteiger partial charge in [0.25, 0.3) is 17.5 Å². The van der Waals surface area contributed by atoms with Crippen LogP contribution in [0.4, 0.5) is 5.69 Å². The van der Waals surface area contributed by atoms with Crippen LogP contribution in [-0.4, -0.2) is 38.8 Å². The number of carbonyl (C=O) groups is 4. The first kappa shape index (κ1) is 15.1. The van der Waals surface area contributed by atoms with Crippen LogP contribution in [0.3, 0.4) is 0 Å². The lowest BCUT2D eigenvalue weighted by Crippen LogP contribution is -2.32. The number of hydrogen-bond donors (Lipinski definition) is 1. The van der Waals surface area contributed by atoms with Gasteiger partial charge in [-0.1, -0.05) is 0 Å². The highest BCUT2D eigenvalue weighted by Gasteiger charge is 2.33. The lowest BCUT2D eigenvalue weighted by Gasteiger charge is -2.12. The van der Waals surface area contributed by atoms with E-state index in [-0.39, 0.29) is 17.9 Å². The van der Waals surface area contributed by atoms with Crippen molar-refractivity contribution in [2.75, 3.05) is 0 Å². The van der Waals surface area contributed by atoms with Crippen molar-refractivity contribution < 1.29 is 34.0 Å². The lowest BCUT2D eigenvalue weighted by molar-refractivity contribution is -0.384. The molecule has 2 rings (SSSR count). The van der Waals surface area contributed by atoms with Crippen LogP contribution in [0.25, 0.3) is 0 Å². The smallest absolute Gasteiger partial charge is 0.364 e. The second kappa shape index (κ2) is 5.60. The molecule has 1 aliphatic heterocycles. The minimum absolute atomic E-state index is 0.110. The van der Waals surface area contributed by atoms with Crippen LogP contribution in [0.5, 0.6) is 0 Å². The van der Waals surface area contributed by atoms with E-state index < -0.39 is 45.5 Å². The van der Waals surface area contributed by atoms with Gasteiger partial charge in [-0.05, 0) is 6.07 Å². The number of hydrogen-bond acceptors (Lipinski definition) is 7. The summed E-state index contributed by atoms with van der Waals surface area (Å²) in [7, 11) is 0. The molecule has 0 radical (unpaired) electrons. The van der Waals surface area contributed by atoms with Gasteiger partial charge < -0.3 is 9.94 Å². The van der Waals surface area contributed by atoms with Crippen molar-refractivity contribution in [1.29, 1.82) is 0 Å². The molecular formula is C12H8N2O8. The Morgan fingerprint density at radius 1 is 1.14 bits per heavy atom. The van der Waals surface area contributed by atoms with Gasteiger partial charge >= 0.3 is 11.9 Å². The predicted molar refractivity (Wildman–Crippen MR) is 66.6 cm³/mol. The highest BCUT2D eigenvalue weighted by atomic mass is 16.7. The van der Waals surface area contributed by atoms with Crippen LogP contribution in [-0.2, 0) is 14.4 Å². The molecule has 1 fully saturated rings. The Bertz CT molecular complexity index is 663. The SMILES string of the molecule is O=C(O)c1cc(C(=O)ON2C(=O)CCC2=O)cc([N+](=O)[O-])c1. The number of imide groups is 1. The number of aromatic carboxylic acids is 1. The summed E-state index contributed by atoms with van der Waals surface area (Å²) in [5, 5.41) is 19.9. The van der Waals surface area contributed by atoms with E-state index in [4.69, 9.17) is 5.11 Å². The standard InChI is InChI=1S/C12H8N2O8/c15-9-1-2-10(16)13(9)22-12(19)7-3-6(11(17)18)4-8(5-7)14(20)21/h3-5H,1-2H2,(H,17,18). The molecule has 1 aliphatic rings. The molecule has 0 unspecified atom stereocenters. The molecule has 1 aromatic carbocycles. The van der Waals surface area contributed by atoms with Gasteiger partial charge in [-0.25, -0.2) is 9.59 Å². The summed E-state index contributed by atoms with van der Waals surface area (Å²) < 4.78 is 0. The molecule has 1 aromatic rings. The van der Waals surface area contributed by atoms with Crippen LogP contribution in [0.2, 0.25) is 0 Å². The maximum absolute atomic E-state index is 11.9. The summed E-state index contributed by atoms with van der Waals surface area (Å²) in [6, 6.07) is 2.41. The molecule has 114 valence electrons. The fourth-order valence-electron chi connectivity index (χ4n) is 1.75. The van der Waals surface area contributed by atoms with Gasteiger partial charge in [-0.3, -0.25) is 19.7 Å². The molecule has 1 N–H and O–H groups in total. The second-order valence-electron chi connectivity index (χ2n) is 4.29. The largest absolute Gasteiger partial charge is 0.478 e. The maximum atomic E-state index is 11.9. The van der Waals surface area contributed by atoms with Crippen molar-refractivity contribution in [2.45, 2.75) is 12.8 Å². The number of nitro benzene ring substituents is 1. The highest BCUT2D eigenvalue weighted by molar-refractivity contribution is 6.03. The minimum atomic E-state index is -1.48. The van der Waals surface area contributed by atoms with E-state index in [1.807, 2.05) is 0 Å². The predicted octanol–water partition coefficient (Wildman–Crippen LogP) is 0.514. The van der Waals surface area contributed by atoms with E-state index in [0.29, 0.717) is 0 Å². The first-order chi connectivity index (χ1) is 10.3. The molecule has 0 aromatic heterocycles. The third kappa shape index (κ3) is 2.90. The zero-order chi connectivity index (χ0) is 16.4. The number of non-ortho nitro benzene ring substituents is 1. The van der Waals surface area contributed by atoms with Gasteiger partial charge in [0.05, 0.1) is 16.1 Å². The van der Waals surface area contributed by atoms with Gasteiger partial charge in [-0.15, -0.1) is 5.06 Å². The van der Waals surface area contributed by atoms with Crippen molar-refractivity contribution in [3.63, 3.8) is 0 Å². The number of nitro groups is 1. The van der Waals surface area contributed by atoms with Gasteiger partial charge in [0.15, 0.2) is 0 Å². The van der Waals surface area contributed by atoms with Gasteiger partial charge in [0, 0.05) is 25.0 Å². The van der Waals surface area contributed by atoms with E-state index in [1.165, 1.54) is 0 Å². The summed E-state index contributed by atoms with van der Waals surface area (Å²) in [5.41, 5.74) is -1.59. The van der Waals surface area contributed by atoms with E-state index in [0.717, 1.165) is 18.2 Å².